The average Bonchev–Trinajstić information content (AvgIpc) is 2.38. The molecule has 1 aromatic heterocycles. The van der Waals surface area contributed by atoms with Crippen molar-refractivity contribution in [3.63, 3.8) is 0 Å². The standard InChI is InChI=1S/C13H12Br2N2O/c1-18-11-4-2-9(3-5-11)7-16-13-12(15)6-10(14)8-17-13/h2-6,8H,7H2,1H3,(H,16,17). The average molecular weight is 372 g/mol. The molecule has 0 radical (unpaired) electrons. The molecule has 2 rings (SSSR count). The Bertz CT molecular complexity index is 529. The first-order valence-corrected chi connectivity index (χ1v) is 6.95. The van der Waals surface area contributed by atoms with Gasteiger partial charge in [0.1, 0.15) is 11.6 Å². The van der Waals surface area contributed by atoms with Crippen molar-refractivity contribution < 1.29 is 4.74 Å². The van der Waals surface area contributed by atoms with E-state index in [0.29, 0.717) is 0 Å². The van der Waals surface area contributed by atoms with Gasteiger partial charge in [0.15, 0.2) is 0 Å². The van der Waals surface area contributed by atoms with E-state index in [2.05, 4.69) is 42.2 Å². The van der Waals surface area contributed by atoms with Crippen LogP contribution in [-0.4, -0.2) is 12.1 Å². The molecule has 0 aliphatic carbocycles. The van der Waals surface area contributed by atoms with E-state index in [1.807, 2.05) is 30.3 Å². The molecule has 0 unspecified atom stereocenters. The summed E-state index contributed by atoms with van der Waals surface area (Å²) < 4.78 is 7.00. The number of methoxy groups -OCH3 is 1. The summed E-state index contributed by atoms with van der Waals surface area (Å²) in [5.41, 5.74) is 1.17. The smallest absolute Gasteiger partial charge is 0.140 e. The van der Waals surface area contributed by atoms with Gasteiger partial charge in [-0.05, 0) is 55.6 Å². The van der Waals surface area contributed by atoms with Gasteiger partial charge in [-0.15, -0.1) is 0 Å². The van der Waals surface area contributed by atoms with Gasteiger partial charge in [0.2, 0.25) is 0 Å². The maximum Gasteiger partial charge on any atom is 0.140 e. The molecule has 94 valence electrons. The number of ether oxygens (including phenoxy) is 1. The largest absolute Gasteiger partial charge is 0.497 e. The van der Waals surface area contributed by atoms with Crippen LogP contribution in [0.3, 0.4) is 0 Å². The SMILES string of the molecule is COc1ccc(CNc2ncc(Br)cc2Br)cc1. The molecule has 5 heteroatoms. The monoisotopic (exact) mass is 370 g/mol. The van der Waals surface area contributed by atoms with Crippen molar-refractivity contribution in [2.75, 3.05) is 12.4 Å². The van der Waals surface area contributed by atoms with Crippen molar-refractivity contribution in [1.82, 2.24) is 4.98 Å². The third kappa shape index (κ3) is 3.46. The predicted octanol–water partition coefficient (Wildman–Crippen LogP) is 4.23. The zero-order chi connectivity index (χ0) is 13.0. The van der Waals surface area contributed by atoms with Crippen LogP contribution in [0.15, 0.2) is 45.5 Å². The minimum absolute atomic E-state index is 0.719. The molecule has 2 aromatic rings. The second-order valence-corrected chi connectivity index (χ2v) is 5.46. The zero-order valence-corrected chi connectivity index (χ0v) is 13.0. The van der Waals surface area contributed by atoms with Crippen molar-refractivity contribution in [2.45, 2.75) is 6.54 Å². The summed E-state index contributed by atoms with van der Waals surface area (Å²) in [6, 6.07) is 9.91. The first-order valence-electron chi connectivity index (χ1n) is 5.37. The fraction of sp³-hybridized carbons (Fsp3) is 0.154. The molecule has 0 aliphatic rings. The van der Waals surface area contributed by atoms with Gasteiger partial charge in [0.05, 0.1) is 11.6 Å². The lowest BCUT2D eigenvalue weighted by Crippen LogP contribution is -2.01. The van der Waals surface area contributed by atoms with Crippen LogP contribution in [0, 0.1) is 0 Å². The summed E-state index contributed by atoms with van der Waals surface area (Å²) in [4.78, 5) is 4.30. The van der Waals surface area contributed by atoms with Gasteiger partial charge in [-0.1, -0.05) is 12.1 Å². The van der Waals surface area contributed by atoms with Gasteiger partial charge >= 0.3 is 0 Å². The van der Waals surface area contributed by atoms with Gasteiger partial charge < -0.3 is 10.1 Å². The third-order valence-corrected chi connectivity index (χ3v) is 3.46. The van der Waals surface area contributed by atoms with Gasteiger partial charge in [0.25, 0.3) is 0 Å². The summed E-state index contributed by atoms with van der Waals surface area (Å²) in [6.07, 6.45) is 1.76. The second kappa shape index (κ2) is 6.20. The first kappa shape index (κ1) is 13.4. The minimum Gasteiger partial charge on any atom is -0.497 e. The first-order chi connectivity index (χ1) is 8.69. The summed E-state index contributed by atoms with van der Waals surface area (Å²) in [5, 5.41) is 3.27. The Kier molecular flexibility index (Phi) is 4.60. The van der Waals surface area contributed by atoms with Crippen LogP contribution in [0.2, 0.25) is 0 Å². The van der Waals surface area contributed by atoms with Crippen molar-refractivity contribution >= 4 is 37.7 Å². The van der Waals surface area contributed by atoms with E-state index in [0.717, 1.165) is 27.1 Å². The second-order valence-electron chi connectivity index (χ2n) is 3.69. The third-order valence-electron chi connectivity index (χ3n) is 2.43. The number of nitrogens with zero attached hydrogens (tertiary/aromatic N) is 1. The molecule has 0 atom stereocenters. The number of benzene rings is 1. The normalized spacial score (nSPS) is 10.2. The van der Waals surface area contributed by atoms with E-state index in [9.17, 15) is 0 Å². The Balaban J connectivity index is 2.02. The highest BCUT2D eigenvalue weighted by molar-refractivity contribution is 9.11. The molecule has 1 aromatic carbocycles. The number of rotatable bonds is 4. The minimum atomic E-state index is 0.719. The van der Waals surface area contributed by atoms with Crippen molar-refractivity contribution in [1.29, 1.82) is 0 Å². The molecule has 3 nitrogen and oxygen atoms in total. The molecule has 1 N–H and O–H groups in total. The highest BCUT2D eigenvalue weighted by atomic mass is 79.9. The molecule has 0 saturated carbocycles. The number of aromatic nitrogens is 1. The molecule has 18 heavy (non-hydrogen) atoms. The molecule has 0 aliphatic heterocycles. The topological polar surface area (TPSA) is 34.1 Å². The Morgan fingerprint density at radius 1 is 1.22 bits per heavy atom. The Morgan fingerprint density at radius 3 is 2.56 bits per heavy atom. The van der Waals surface area contributed by atoms with Gasteiger partial charge in [-0.2, -0.15) is 0 Å². The number of hydrogen-bond acceptors (Lipinski definition) is 3. The van der Waals surface area contributed by atoms with Crippen LogP contribution in [0.25, 0.3) is 0 Å². The lowest BCUT2D eigenvalue weighted by molar-refractivity contribution is 0.414. The van der Waals surface area contributed by atoms with Crippen LogP contribution in [0.4, 0.5) is 5.82 Å². The molecular weight excluding hydrogens is 360 g/mol. The highest BCUT2D eigenvalue weighted by Crippen LogP contribution is 2.24. The van der Waals surface area contributed by atoms with E-state index >= 15 is 0 Å². The quantitative estimate of drug-likeness (QED) is 0.873. The summed E-state index contributed by atoms with van der Waals surface area (Å²) in [6.45, 7) is 0.719. The van der Waals surface area contributed by atoms with Crippen LogP contribution >= 0.6 is 31.9 Å². The summed E-state index contributed by atoms with van der Waals surface area (Å²) in [5.74, 6) is 1.69. The fourth-order valence-corrected chi connectivity index (χ4v) is 2.60. The van der Waals surface area contributed by atoms with Gasteiger partial charge in [-0.25, -0.2) is 4.98 Å². The molecule has 0 amide bonds. The predicted molar refractivity (Wildman–Crippen MR) is 80.0 cm³/mol. The van der Waals surface area contributed by atoms with Crippen LogP contribution in [0.5, 0.6) is 5.75 Å². The van der Waals surface area contributed by atoms with Crippen molar-refractivity contribution in [2.24, 2.45) is 0 Å². The maximum atomic E-state index is 5.12. The van der Waals surface area contributed by atoms with Crippen molar-refractivity contribution in [3.8, 4) is 5.75 Å². The Morgan fingerprint density at radius 2 is 1.94 bits per heavy atom. The molecule has 0 bridgehead atoms. The number of pyridine rings is 1. The number of hydrogen-bond donors (Lipinski definition) is 1. The van der Waals surface area contributed by atoms with E-state index in [-0.39, 0.29) is 0 Å². The van der Waals surface area contributed by atoms with Crippen LogP contribution in [0.1, 0.15) is 5.56 Å². The van der Waals surface area contributed by atoms with Gasteiger partial charge in [0, 0.05) is 17.2 Å². The zero-order valence-electron chi connectivity index (χ0n) is 9.78. The Labute approximate surface area is 123 Å². The van der Waals surface area contributed by atoms with Crippen LogP contribution in [-0.2, 0) is 6.54 Å². The lowest BCUT2D eigenvalue weighted by Gasteiger charge is -2.08. The molecular formula is C13H12Br2N2O. The van der Waals surface area contributed by atoms with E-state index in [1.165, 1.54) is 5.56 Å². The van der Waals surface area contributed by atoms with Crippen molar-refractivity contribution in [3.05, 3.63) is 51.0 Å². The van der Waals surface area contributed by atoms with E-state index < -0.39 is 0 Å². The summed E-state index contributed by atoms with van der Waals surface area (Å²) in [7, 11) is 1.66. The highest BCUT2D eigenvalue weighted by Gasteiger charge is 2.02. The maximum absolute atomic E-state index is 5.12. The van der Waals surface area contributed by atoms with E-state index in [4.69, 9.17) is 4.74 Å². The fourth-order valence-electron chi connectivity index (χ4n) is 1.47. The molecule has 0 spiro atoms. The number of anilines is 1. The van der Waals surface area contributed by atoms with E-state index in [1.54, 1.807) is 13.3 Å². The molecule has 1 heterocycles. The Hall–Kier alpha value is -1.07. The summed E-state index contributed by atoms with van der Waals surface area (Å²) >= 11 is 6.84. The molecule has 0 fully saturated rings. The molecule has 0 saturated heterocycles. The lowest BCUT2D eigenvalue weighted by atomic mass is 10.2. The van der Waals surface area contributed by atoms with Crippen LogP contribution < -0.4 is 10.1 Å². The number of nitrogens with one attached hydrogen (secondary N) is 1. The number of halogens is 2. The van der Waals surface area contributed by atoms with Gasteiger partial charge in [-0.3, -0.25) is 0 Å².